The fourth-order valence-electron chi connectivity index (χ4n) is 2.82. The van der Waals surface area contributed by atoms with Crippen LogP contribution in [0.5, 0.6) is 5.88 Å². The van der Waals surface area contributed by atoms with Crippen molar-refractivity contribution in [3.05, 3.63) is 88.6 Å². The maximum absolute atomic E-state index is 12.6. The highest BCUT2D eigenvalue weighted by molar-refractivity contribution is 6.32. The predicted octanol–water partition coefficient (Wildman–Crippen LogP) is 5.04. The number of hydrogen-bond donors (Lipinski definition) is 1. The van der Waals surface area contributed by atoms with E-state index in [4.69, 9.17) is 16.3 Å². The molecule has 140 valence electrons. The number of rotatable bonds is 6. The van der Waals surface area contributed by atoms with Gasteiger partial charge in [0.15, 0.2) is 0 Å². The minimum Gasteiger partial charge on any atom is -0.477 e. The minimum absolute atomic E-state index is 0.277. The number of carbonyl (C=O) groups is 1. The van der Waals surface area contributed by atoms with Crippen LogP contribution in [0.2, 0.25) is 5.02 Å². The highest BCUT2D eigenvalue weighted by Crippen LogP contribution is 2.32. The van der Waals surface area contributed by atoms with Crippen LogP contribution in [-0.2, 0) is 0 Å². The van der Waals surface area contributed by atoms with Crippen LogP contribution in [0, 0.1) is 11.3 Å². The van der Waals surface area contributed by atoms with E-state index in [2.05, 4.69) is 16.4 Å². The van der Waals surface area contributed by atoms with E-state index in [1.165, 1.54) is 0 Å². The van der Waals surface area contributed by atoms with Gasteiger partial charge in [-0.2, -0.15) is 5.26 Å². The van der Waals surface area contributed by atoms with Crippen LogP contribution in [0.15, 0.2) is 66.9 Å². The van der Waals surface area contributed by atoms with Crippen LogP contribution in [0.3, 0.4) is 0 Å². The SMILES string of the molecule is CCOc1ncccc1C(=O)Nc1ccc(C(C#N)c2ccccc2)c(Cl)c1. The van der Waals surface area contributed by atoms with E-state index in [-0.39, 0.29) is 11.8 Å². The number of nitrogens with one attached hydrogen (secondary N) is 1. The Bertz CT molecular complexity index is 1020. The van der Waals surface area contributed by atoms with Crippen molar-refractivity contribution in [1.29, 1.82) is 5.26 Å². The third-order valence-corrected chi connectivity index (χ3v) is 4.46. The second kappa shape index (κ2) is 9.03. The number of anilines is 1. The standard InChI is InChI=1S/C22H18ClN3O2/c1-2-28-22-18(9-6-12-25-22)21(27)26-16-10-11-17(20(23)13-16)19(14-24)15-7-4-3-5-8-15/h3-13,19H,2H2,1H3,(H,26,27). The smallest absolute Gasteiger partial charge is 0.261 e. The van der Waals surface area contributed by atoms with Gasteiger partial charge in [0.1, 0.15) is 5.56 Å². The molecule has 5 nitrogen and oxygen atoms in total. The number of nitriles is 1. The Kier molecular flexibility index (Phi) is 6.25. The van der Waals surface area contributed by atoms with Crippen molar-refractivity contribution in [2.24, 2.45) is 0 Å². The van der Waals surface area contributed by atoms with Gasteiger partial charge < -0.3 is 10.1 Å². The average molecular weight is 392 g/mol. The van der Waals surface area contributed by atoms with Crippen LogP contribution in [0.1, 0.15) is 34.3 Å². The lowest BCUT2D eigenvalue weighted by Gasteiger charge is -2.14. The summed E-state index contributed by atoms with van der Waals surface area (Å²) in [5.41, 5.74) is 2.41. The van der Waals surface area contributed by atoms with E-state index in [9.17, 15) is 10.1 Å². The van der Waals surface area contributed by atoms with Crippen molar-refractivity contribution in [2.75, 3.05) is 11.9 Å². The Morgan fingerprint density at radius 2 is 2.00 bits per heavy atom. The molecule has 1 N–H and O–H groups in total. The zero-order chi connectivity index (χ0) is 19.9. The molecule has 1 unspecified atom stereocenters. The number of ether oxygens (including phenoxy) is 1. The highest BCUT2D eigenvalue weighted by Gasteiger charge is 2.18. The van der Waals surface area contributed by atoms with Gasteiger partial charge in [0, 0.05) is 16.9 Å². The first-order valence-corrected chi connectivity index (χ1v) is 9.15. The Morgan fingerprint density at radius 3 is 2.68 bits per heavy atom. The monoisotopic (exact) mass is 391 g/mol. The van der Waals surface area contributed by atoms with Gasteiger partial charge in [-0.25, -0.2) is 4.98 Å². The van der Waals surface area contributed by atoms with E-state index in [0.717, 1.165) is 5.56 Å². The number of carbonyl (C=O) groups excluding carboxylic acids is 1. The van der Waals surface area contributed by atoms with Gasteiger partial charge in [0.05, 0.1) is 18.6 Å². The van der Waals surface area contributed by atoms with E-state index in [1.54, 1.807) is 36.5 Å². The summed E-state index contributed by atoms with van der Waals surface area (Å²) in [5.74, 6) is -0.555. The van der Waals surface area contributed by atoms with Crippen LogP contribution in [-0.4, -0.2) is 17.5 Å². The molecule has 28 heavy (non-hydrogen) atoms. The lowest BCUT2D eigenvalue weighted by Crippen LogP contribution is -2.14. The van der Waals surface area contributed by atoms with Crippen LogP contribution >= 0.6 is 11.6 Å². The predicted molar refractivity (Wildman–Crippen MR) is 109 cm³/mol. The number of halogens is 1. The Labute approximate surface area is 168 Å². The van der Waals surface area contributed by atoms with Gasteiger partial charge >= 0.3 is 0 Å². The van der Waals surface area contributed by atoms with E-state index >= 15 is 0 Å². The van der Waals surface area contributed by atoms with Crippen molar-refractivity contribution in [3.63, 3.8) is 0 Å². The fourth-order valence-corrected chi connectivity index (χ4v) is 3.11. The molecule has 2 aromatic carbocycles. The number of hydrogen-bond acceptors (Lipinski definition) is 4. The molecule has 0 saturated carbocycles. The summed E-state index contributed by atoms with van der Waals surface area (Å²) in [6, 6.07) is 20.2. The summed E-state index contributed by atoms with van der Waals surface area (Å²) in [7, 11) is 0. The highest BCUT2D eigenvalue weighted by atomic mass is 35.5. The van der Waals surface area contributed by atoms with Crippen LogP contribution < -0.4 is 10.1 Å². The summed E-state index contributed by atoms with van der Waals surface area (Å²) in [6.07, 6.45) is 1.57. The molecule has 0 radical (unpaired) electrons. The summed E-state index contributed by atoms with van der Waals surface area (Å²) >= 11 is 6.42. The molecule has 1 atom stereocenters. The first kappa shape index (κ1) is 19.4. The molecule has 0 aliphatic rings. The van der Waals surface area contributed by atoms with Gasteiger partial charge in [-0.15, -0.1) is 0 Å². The first-order chi connectivity index (χ1) is 13.6. The van der Waals surface area contributed by atoms with E-state index in [0.29, 0.717) is 28.4 Å². The maximum Gasteiger partial charge on any atom is 0.261 e. The Hall–Kier alpha value is -3.36. The Morgan fingerprint density at radius 1 is 1.21 bits per heavy atom. The lowest BCUT2D eigenvalue weighted by atomic mass is 9.92. The number of nitrogens with zero attached hydrogens (tertiary/aromatic N) is 2. The van der Waals surface area contributed by atoms with Gasteiger partial charge in [0.25, 0.3) is 5.91 Å². The number of aromatic nitrogens is 1. The van der Waals surface area contributed by atoms with Crippen LogP contribution in [0.25, 0.3) is 0 Å². The lowest BCUT2D eigenvalue weighted by molar-refractivity contribution is 0.102. The molecule has 3 rings (SSSR count). The van der Waals surface area contributed by atoms with Gasteiger partial charge in [-0.05, 0) is 42.3 Å². The molecule has 1 amide bonds. The number of amides is 1. The summed E-state index contributed by atoms with van der Waals surface area (Å²) in [4.78, 5) is 16.7. The topological polar surface area (TPSA) is 75.0 Å². The largest absolute Gasteiger partial charge is 0.477 e. The molecule has 0 bridgehead atoms. The summed E-state index contributed by atoms with van der Waals surface area (Å²) < 4.78 is 5.40. The summed E-state index contributed by atoms with van der Waals surface area (Å²) in [6.45, 7) is 2.24. The molecule has 0 spiro atoms. The first-order valence-electron chi connectivity index (χ1n) is 8.77. The molecular formula is C22H18ClN3O2. The third-order valence-electron chi connectivity index (χ3n) is 4.13. The molecule has 0 fully saturated rings. The average Bonchev–Trinajstić information content (AvgIpc) is 2.71. The molecule has 0 aliphatic carbocycles. The fraction of sp³-hybridized carbons (Fsp3) is 0.136. The van der Waals surface area contributed by atoms with Gasteiger partial charge in [-0.1, -0.05) is 48.0 Å². The van der Waals surface area contributed by atoms with Gasteiger partial charge in [0.2, 0.25) is 5.88 Å². The normalized spacial score (nSPS) is 11.3. The zero-order valence-electron chi connectivity index (χ0n) is 15.2. The van der Waals surface area contributed by atoms with Crippen LogP contribution in [0.4, 0.5) is 5.69 Å². The van der Waals surface area contributed by atoms with Crippen molar-refractivity contribution in [1.82, 2.24) is 4.98 Å². The molecular weight excluding hydrogens is 374 g/mol. The number of benzene rings is 2. The number of pyridine rings is 1. The van der Waals surface area contributed by atoms with E-state index in [1.807, 2.05) is 37.3 Å². The van der Waals surface area contributed by atoms with Crippen molar-refractivity contribution < 1.29 is 9.53 Å². The molecule has 1 aromatic heterocycles. The molecule has 3 aromatic rings. The summed E-state index contributed by atoms with van der Waals surface area (Å²) in [5, 5.41) is 12.8. The van der Waals surface area contributed by atoms with E-state index < -0.39 is 5.92 Å². The quantitative estimate of drug-likeness (QED) is 0.638. The molecule has 1 heterocycles. The van der Waals surface area contributed by atoms with Crippen molar-refractivity contribution in [3.8, 4) is 11.9 Å². The second-order valence-electron chi connectivity index (χ2n) is 5.95. The molecule has 0 aliphatic heterocycles. The Balaban J connectivity index is 1.83. The second-order valence-corrected chi connectivity index (χ2v) is 6.36. The maximum atomic E-state index is 12.6. The van der Waals surface area contributed by atoms with Crippen molar-refractivity contribution >= 4 is 23.2 Å². The van der Waals surface area contributed by atoms with Gasteiger partial charge in [-0.3, -0.25) is 4.79 Å². The minimum atomic E-state index is -0.485. The third kappa shape index (κ3) is 4.30. The molecule has 0 saturated heterocycles. The van der Waals surface area contributed by atoms with Crippen molar-refractivity contribution in [2.45, 2.75) is 12.8 Å². The molecule has 6 heteroatoms. The zero-order valence-corrected chi connectivity index (χ0v) is 16.0.